The molecule has 120 valence electrons. The number of hydrogen-bond acceptors (Lipinski definition) is 4. The average molecular weight is 326 g/mol. The third kappa shape index (κ3) is 4.91. The van der Waals surface area contributed by atoms with Crippen LogP contribution in [-0.4, -0.2) is 24.2 Å². The number of hydrogen-bond donors (Lipinski definition) is 1. The third-order valence-electron chi connectivity index (χ3n) is 3.65. The molecule has 0 heterocycles. The molecule has 0 radical (unpaired) electrons. The maximum Gasteiger partial charge on any atom is 0.408 e. The van der Waals surface area contributed by atoms with Gasteiger partial charge in [-0.2, -0.15) is 0 Å². The zero-order valence-electron chi connectivity index (χ0n) is 12.3. The number of esters is 1. The maximum absolute atomic E-state index is 12.0. The van der Waals surface area contributed by atoms with Crippen molar-refractivity contribution in [2.24, 2.45) is 0 Å². The fraction of sp³-hybridized carbons (Fsp3) is 0.500. The number of ether oxygens (including phenoxy) is 2. The smallest absolute Gasteiger partial charge is 0.408 e. The average Bonchev–Trinajstić information content (AvgIpc) is 2.54. The van der Waals surface area contributed by atoms with E-state index in [1.807, 2.05) is 6.07 Å². The summed E-state index contributed by atoms with van der Waals surface area (Å²) in [5, 5.41) is 2.57. The number of rotatable bonds is 5. The van der Waals surface area contributed by atoms with Crippen molar-refractivity contribution in [2.45, 2.75) is 44.2 Å². The van der Waals surface area contributed by atoms with Gasteiger partial charge in [-0.3, -0.25) is 0 Å². The number of nitrogens with one attached hydrogen (secondary N) is 1. The first-order valence-corrected chi connectivity index (χ1v) is 7.99. The lowest BCUT2D eigenvalue weighted by atomic mass is 9.98. The molecule has 0 aliphatic heterocycles. The van der Waals surface area contributed by atoms with Gasteiger partial charge in [0.05, 0.1) is 0 Å². The van der Waals surface area contributed by atoms with Crippen molar-refractivity contribution in [3.8, 4) is 0 Å². The molecule has 1 aliphatic carbocycles. The summed E-state index contributed by atoms with van der Waals surface area (Å²) in [6.07, 6.45) is 4.37. The Morgan fingerprint density at radius 1 is 1.18 bits per heavy atom. The Balaban J connectivity index is 1.99. The molecule has 1 aromatic rings. The van der Waals surface area contributed by atoms with Crippen LogP contribution in [0.4, 0.5) is 4.79 Å². The van der Waals surface area contributed by atoms with Crippen molar-refractivity contribution in [2.75, 3.05) is 6.07 Å². The van der Waals surface area contributed by atoms with E-state index in [0.29, 0.717) is 5.56 Å². The quantitative estimate of drug-likeness (QED) is 0.664. The molecule has 1 aromatic carbocycles. The molecular weight excluding hydrogens is 306 g/mol. The Kier molecular flexibility index (Phi) is 6.52. The van der Waals surface area contributed by atoms with Gasteiger partial charge in [0.25, 0.3) is 0 Å². The molecule has 1 aliphatic rings. The number of alkyl carbamates (subject to hydrolysis) is 1. The molecule has 0 aromatic heterocycles. The second-order valence-corrected chi connectivity index (χ2v) is 5.44. The van der Waals surface area contributed by atoms with Gasteiger partial charge in [0.15, 0.2) is 12.1 Å². The Bertz CT molecular complexity index is 488. The highest BCUT2D eigenvalue weighted by Gasteiger charge is 2.26. The molecule has 6 heteroatoms. The molecule has 2 rings (SSSR count). The summed E-state index contributed by atoms with van der Waals surface area (Å²) in [7, 11) is 0. The largest absolute Gasteiger partial charge is 0.448 e. The zero-order valence-corrected chi connectivity index (χ0v) is 13.1. The molecule has 1 atom stereocenters. The van der Waals surface area contributed by atoms with E-state index in [1.54, 1.807) is 24.3 Å². The molecule has 1 amide bonds. The third-order valence-corrected chi connectivity index (χ3v) is 3.76. The van der Waals surface area contributed by atoms with E-state index in [1.165, 1.54) is 6.42 Å². The number of amides is 1. The summed E-state index contributed by atoms with van der Waals surface area (Å²) in [6, 6.07) is 7.68. The number of carbonyl (C=O) groups is 2. The van der Waals surface area contributed by atoms with Gasteiger partial charge in [0.1, 0.15) is 6.10 Å². The van der Waals surface area contributed by atoms with Crippen LogP contribution in [0.2, 0.25) is 0 Å². The van der Waals surface area contributed by atoms with E-state index in [9.17, 15) is 9.59 Å². The van der Waals surface area contributed by atoms with Crippen molar-refractivity contribution in [3.05, 3.63) is 35.9 Å². The van der Waals surface area contributed by atoms with Crippen LogP contribution in [0.25, 0.3) is 0 Å². The minimum Gasteiger partial charge on any atom is -0.448 e. The number of alkyl halides is 1. The molecular formula is C16H20ClNO4. The molecule has 1 fully saturated rings. The molecule has 1 saturated carbocycles. The van der Waals surface area contributed by atoms with Gasteiger partial charge in [0.2, 0.25) is 0 Å². The first-order valence-electron chi connectivity index (χ1n) is 7.45. The van der Waals surface area contributed by atoms with Gasteiger partial charge in [-0.1, -0.05) is 48.4 Å². The molecule has 0 spiro atoms. The van der Waals surface area contributed by atoms with Gasteiger partial charge in [-0.05, 0) is 31.2 Å². The Hall–Kier alpha value is -1.75. The van der Waals surface area contributed by atoms with Crippen LogP contribution in [0.15, 0.2) is 30.3 Å². The topological polar surface area (TPSA) is 64.6 Å². The first kappa shape index (κ1) is 16.6. The fourth-order valence-electron chi connectivity index (χ4n) is 2.55. The Morgan fingerprint density at radius 3 is 2.50 bits per heavy atom. The zero-order chi connectivity index (χ0) is 15.8. The monoisotopic (exact) mass is 325 g/mol. The van der Waals surface area contributed by atoms with E-state index < -0.39 is 18.1 Å². The van der Waals surface area contributed by atoms with Gasteiger partial charge < -0.3 is 14.8 Å². The molecule has 22 heavy (non-hydrogen) atoms. The van der Waals surface area contributed by atoms with Crippen LogP contribution in [0.1, 0.15) is 43.7 Å². The molecule has 0 unspecified atom stereocenters. The first-order chi connectivity index (χ1) is 10.7. The predicted octanol–water partition coefficient (Wildman–Crippen LogP) is 3.53. The molecule has 5 nitrogen and oxygen atoms in total. The highest BCUT2D eigenvalue weighted by atomic mass is 35.5. The van der Waals surface area contributed by atoms with Crippen molar-refractivity contribution in [1.29, 1.82) is 0 Å². The summed E-state index contributed by atoms with van der Waals surface area (Å²) < 4.78 is 10.2. The normalized spacial score (nSPS) is 16.6. The summed E-state index contributed by atoms with van der Waals surface area (Å²) in [6.45, 7) is 0. The second-order valence-electron chi connectivity index (χ2n) is 5.23. The van der Waals surface area contributed by atoms with Gasteiger partial charge >= 0.3 is 12.1 Å². The van der Waals surface area contributed by atoms with Crippen LogP contribution >= 0.6 is 11.6 Å². The Morgan fingerprint density at radius 2 is 1.86 bits per heavy atom. The predicted molar refractivity (Wildman–Crippen MR) is 82.5 cm³/mol. The lowest BCUT2D eigenvalue weighted by Gasteiger charge is -2.23. The number of carbonyl (C=O) groups excluding carboxylic acids is 2. The van der Waals surface area contributed by atoms with Crippen LogP contribution in [-0.2, 0) is 14.3 Å². The van der Waals surface area contributed by atoms with E-state index in [0.717, 1.165) is 25.7 Å². The maximum atomic E-state index is 12.0. The lowest BCUT2D eigenvalue weighted by Crippen LogP contribution is -2.37. The molecule has 0 bridgehead atoms. The minimum atomic E-state index is -0.920. The highest BCUT2D eigenvalue weighted by Crippen LogP contribution is 2.21. The minimum absolute atomic E-state index is 0.0748. The SMILES string of the molecule is O=C(N[C@@H](C(=O)OCCl)c1ccccc1)OC1CCCCC1. The van der Waals surface area contributed by atoms with E-state index in [4.69, 9.17) is 21.1 Å². The molecule has 1 N–H and O–H groups in total. The van der Waals surface area contributed by atoms with Crippen LogP contribution < -0.4 is 5.32 Å². The van der Waals surface area contributed by atoms with Crippen molar-refractivity contribution in [1.82, 2.24) is 5.32 Å². The summed E-state index contributed by atoms with van der Waals surface area (Å²) in [5.41, 5.74) is 0.623. The summed E-state index contributed by atoms with van der Waals surface area (Å²) in [5.74, 6) is -0.609. The molecule has 0 saturated heterocycles. The summed E-state index contributed by atoms with van der Waals surface area (Å²) >= 11 is 5.43. The standard InChI is InChI=1S/C16H20ClNO4/c17-11-21-15(19)14(12-7-3-1-4-8-12)18-16(20)22-13-9-5-2-6-10-13/h1,3-4,7-8,13-14H,2,5-6,9-11H2,(H,18,20)/t14-/m1/s1. The van der Waals surface area contributed by atoms with Crippen molar-refractivity contribution in [3.63, 3.8) is 0 Å². The van der Waals surface area contributed by atoms with Crippen LogP contribution in [0.5, 0.6) is 0 Å². The van der Waals surface area contributed by atoms with Gasteiger partial charge in [0, 0.05) is 0 Å². The van der Waals surface area contributed by atoms with E-state index in [2.05, 4.69) is 5.32 Å². The summed E-state index contributed by atoms with van der Waals surface area (Å²) in [4.78, 5) is 24.0. The number of benzene rings is 1. The lowest BCUT2D eigenvalue weighted by molar-refractivity contribution is -0.144. The van der Waals surface area contributed by atoms with Gasteiger partial charge in [-0.15, -0.1) is 0 Å². The van der Waals surface area contributed by atoms with E-state index in [-0.39, 0.29) is 12.2 Å². The Labute approximate surface area is 134 Å². The highest BCUT2D eigenvalue weighted by molar-refractivity contribution is 6.17. The second kappa shape index (κ2) is 8.63. The van der Waals surface area contributed by atoms with Crippen LogP contribution in [0, 0.1) is 0 Å². The van der Waals surface area contributed by atoms with Gasteiger partial charge in [-0.25, -0.2) is 9.59 Å². The fourth-order valence-corrected chi connectivity index (χ4v) is 2.65. The van der Waals surface area contributed by atoms with Crippen LogP contribution in [0.3, 0.4) is 0 Å². The van der Waals surface area contributed by atoms with Crippen molar-refractivity contribution < 1.29 is 19.1 Å². The van der Waals surface area contributed by atoms with Crippen molar-refractivity contribution >= 4 is 23.7 Å². The van der Waals surface area contributed by atoms with E-state index >= 15 is 0 Å². The number of halogens is 1.